The highest BCUT2D eigenvalue weighted by molar-refractivity contribution is 7.20. The Morgan fingerprint density at radius 2 is 2.35 bits per heavy atom. The summed E-state index contributed by atoms with van der Waals surface area (Å²) in [5.74, 6) is 0.684. The number of carbonyl (C=O) groups excluding carboxylic acids is 1. The van der Waals surface area contributed by atoms with Crippen molar-refractivity contribution in [1.29, 1.82) is 0 Å². The van der Waals surface area contributed by atoms with Crippen molar-refractivity contribution in [1.82, 2.24) is 4.90 Å². The number of nitrogens with zero attached hydrogens (tertiary/aromatic N) is 1. The van der Waals surface area contributed by atoms with Gasteiger partial charge in [-0.15, -0.1) is 11.3 Å². The Morgan fingerprint density at radius 3 is 2.95 bits per heavy atom. The molecule has 1 aliphatic heterocycles. The third-order valence-electron chi connectivity index (χ3n) is 3.55. The van der Waals surface area contributed by atoms with Crippen LogP contribution in [-0.2, 0) is 16.0 Å². The second kappa shape index (κ2) is 7.64. The lowest BCUT2D eigenvalue weighted by Gasteiger charge is -2.20. The van der Waals surface area contributed by atoms with Gasteiger partial charge in [-0.3, -0.25) is 4.79 Å². The van der Waals surface area contributed by atoms with Gasteiger partial charge >= 0.3 is 0 Å². The number of aryl methyl sites for hydroxylation is 1. The molecule has 1 unspecified atom stereocenters. The first-order valence-electron chi connectivity index (χ1n) is 6.81. The van der Waals surface area contributed by atoms with Gasteiger partial charge in [0.1, 0.15) is 0 Å². The summed E-state index contributed by atoms with van der Waals surface area (Å²) in [6.45, 7) is 2.40. The standard InChI is InChI=1S/C14H19Cl2NO2S/c1-17(8-10-5-6-19-9-10)13(18)4-2-3-11-7-12(15)20-14(11)16/h7,10H,2-6,8-9H2,1H3. The first kappa shape index (κ1) is 16.1. The number of thiophene rings is 1. The zero-order valence-corrected chi connectivity index (χ0v) is 13.9. The number of hydrogen-bond donors (Lipinski definition) is 0. The molecule has 0 spiro atoms. The van der Waals surface area contributed by atoms with E-state index in [-0.39, 0.29) is 5.91 Å². The van der Waals surface area contributed by atoms with Crippen LogP contribution in [0.2, 0.25) is 8.67 Å². The van der Waals surface area contributed by atoms with Crippen LogP contribution < -0.4 is 0 Å². The average Bonchev–Trinajstić information content (AvgIpc) is 2.99. The number of amides is 1. The van der Waals surface area contributed by atoms with Gasteiger partial charge in [-0.2, -0.15) is 0 Å². The van der Waals surface area contributed by atoms with E-state index in [4.69, 9.17) is 27.9 Å². The number of carbonyl (C=O) groups is 1. The molecule has 0 N–H and O–H groups in total. The molecule has 0 aliphatic carbocycles. The van der Waals surface area contributed by atoms with Crippen molar-refractivity contribution in [2.45, 2.75) is 25.7 Å². The molecule has 1 aromatic rings. The van der Waals surface area contributed by atoms with E-state index in [0.717, 1.165) is 48.9 Å². The molecule has 3 nitrogen and oxygen atoms in total. The number of hydrogen-bond acceptors (Lipinski definition) is 3. The molecule has 0 aromatic carbocycles. The summed E-state index contributed by atoms with van der Waals surface area (Å²) < 4.78 is 6.77. The molecule has 112 valence electrons. The van der Waals surface area contributed by atoms with Gasteiger partial charge < -0.3 is 9.64 Å². The summed E-state index contributed by atoms with van der Waals surface area (Å²) in [7, 11) is 1.87. The predicted octanol–water partition coefficient (Wildman–Crippen LogP) is 3.87. The van der Waals surface area contributed by atoms with Crippen LogP contribution in [0.4, 0.5) is 0 Å². The summed E-state index contributed by atoms with van der Waals surface area (Å²) in [6.07, 6.45) is 3.21. The number of rotatable bonds is 6. The summed E-state index contributed by atoms with van der Waals surface area (Å²) in [5, 5.41) is 0. The summed E-state index contributed by atoms with van der Waals surface area (Å²) in [5.41, 5.74) is 1.04. The van der Waals surface area contributed by atoms with Crippen LogP contribution in [0.15, 0.2) is 6.07 Å². The monoisotopic (exact) mass is 335 g/mol. The van der Waals surface area contributed by atoms with Gasteiger partial charge in [0.05, 0.1) is 15.3 Å². The molecule has 1 atom stereocenters. The SMILES string of the molecule is CN(CC1CCOC1)C(=O)CCCc1cc(Cl)sc1Cl. The van der Waals surface area contributed by atoms with Crippen molar-refractivity contribution in [3.8, 4) is 0 Å². The topological polar surface area (TPSA) is 29.5 Å². The smallest absolute Gasteiger partial charge is 0.222 e. The highest BCUT2D eigenvalue weighted by atomic mass is 35.5. The van der Waals surface area contributed by atoms with E-state index in [1.165, 1.54) is 11.3 Å². The molecule has 1 fully saturated rings. The lowest BCUT2D eigenvalue weighted by Crippen LogP contribution is -2.31. The summed E-state index contributed by atoms with van der Waals surface area (Å²) in [4.78, 5) is 13.9. The fourth-order valence-corrected chi connectivity index (χ4v) is 3.93. The van der Waals surface area contributed by atoms with E-state index >= 15 is 0 Å². The lowest BCUT2D eigenvalue weighted by atomic mass is 10.1. The van der Waals surface area contributed by atoms with Gasteiger partial charge in [-0.05, 0) is 30.9 Å². The molecular formula is C14H19Cl2NO2S. The zero-order chi connectivity index (χ0) is 14.5. The number of ether oxygens (including phenoxy) is 1. The summed E-state index contributed by atoms with van der Waals surface area (Å²) >= 11 is 13.3. The van der Waals surface area contributed by atoms with Crippen molar-refractivity contribution in [3.63, 3.8) is 0 Å². The molecule has 1 aromatic heterocycles. The Morgan fingerprint density at radius 1 is 1.55 bits per heavy atom. The molecule has 0 saturated carbocycles. The third-order valence-corrected chi connectivity index (χ3v) is 5.11. The van der Waals surface area contributed by atoms with E-state index in [0.29, 0.717) is 16.7 Å². The Balaban J connectivity index is 1.70. The van der Waals surface area contributed by atoms with E-state index in [1.54, 1.807) is 0 Å². The average molecular weight is 336 g/mol. The van der Waals surface area contributed by atoms with E-state index < -0.39 is 0 Å². The van der Waals surface area contributed by atoms with Gasteiger partial charge in [0, 0.05) is 32.5 Å². The minimum atomic E-state index is 0.189. The van der Waals surface area contributed by atoms with Crippen molar-refractivity contribution in [3.05, 3.63) is 20.3 Å². The maximum atomic E-state index is 12.0. The maximum absolute atomic E-state index is 12.0. The van der Waals surface area contributed by atoms with Crippen molar-refractivity contribution in [2.75, 3.05) is 26.8 Å². The van der Waals surface area contributed by atoms with Crippen molar-refractivity contribution in [2.24, 2.45) is 5.92 Å². The molecule has 2 rings (SSSR count). The van der Waals surface area contributed by atoms with Gasteiger partial charge in [0.25, 0.3) is 0 Å². The second-order valence-electron chi connectivity index (χ2n) is 5.21. The Hall–Kier alpha value is -0.290. The van der Waals surface area contributed by atoms with Crippen molar-refractivity contribution >= 4 is 40.4 Å². The second-order valence-corrected chi connectivity index (χ2v) is 7.49. The highest BCUT2D eigenvalue weighted by Crippen LogP contribution is 2.32. The molecule has 20 heavy (non-hydrogen) atoms. The van der Waals surface area contributed by atoms with Crippen LogP contribution in [0.1, 0.15) is 24.8 Å². The maximum Gasteiger partial charge on any atom is 0.222 e. The van der Waals surface area contributed by atoms with Crippen LogP contribution in [0, 0.1) is 5.92 Å². The fraction of sp³-hybridized carbons (Fsp3) is 0.643. The molecule has 1 saturated heterocycles. The first-order chi connectivity index (χ1) is 9.56. The van der Waals surface area contributed by atoms with Gasteiger partial charge in [-0.25, -0.2) is 0 Å². The van der Waals surface area contributed by atoms with Gasteiger partial charge in [-0.1, -0.05) is 23.2 Å². The van der Waals surface area contributed by atoms with Crippen LogP contribution in [-0.4, -0.2) is 37.6 Å². The Bertz CT molecular complexity index is 458. The Kier molecular flexibility index (Phi) is 6.15. The highest BCUT2D eigenvalue weighted by Gasteiger charge is 2.19. The fourth-order valence-electron chi connectivity index (χ4n) is 2.38. The quantitative estimate of drug-likeness (QED) is 0.789. The molecule has 6 heteroatoms. The van der Waals surface area contributed by atoms with E-state index in [2.05, 4.69) is 0 Å². The molecule has 1 amide bonds. The zero-order valence-electron chi connectivity index (χ0n) is 11.5. The van der Waals surface area contributed by atoms with Crippen LogP contribution in [0.3, 0.4) is 0 Å². The minimum Gasteiger partial charge on any atom is -0.381 e. The van der Waals surface area contributed by atoms with Crippen LogP contribution >= 0.6 is 34.5 Å². The molecule has 0 radical (unpaired) electrons. The predicted molar refractivity (Wildman–Crippen MR) is 83.8 cm³/mol. The normalized spacial score (nSPS) is 18.4. The van der Waals surface area contributed by atoms with E-state index in [9.17, 15) is 4.79 Å². The van der Waals surface area contributed by atoms with Crippen molar-refractivity contribution < 1.29 is 9.53 Å². The largest absolute Gasteiger partial charge is 0.381 e. The lowest BCUT2D eigenvalue weighted by molar-refractivity contribution is -0.130. The number of halogens is 2. The molecule has 0 bridgehead atoms. The summed E-state index contributed by atoms with van der Waals surface area (Å²) in [6, 6.07) is 1.89. The molecule has 2 heterocycles. The van der Waals surface area contributed by atoms with Crippen LogP contribution in [0.25, 0.3) is 0 Å². The molecular weight excluding hydrogens is 317 g/mol. The van der Waals surface area contributed by atoms with E-state index in [1.807, 2.05) is 18.0 Å². The first-order valence-corrected chi connectivity index (χ1v) is 8.39. The van der Waals surface area contributed by atoms with Gasteiger partial charge in [0.15, 0.2) is 0 Å². The third kappa shape index (κ3) is 4.62. The Labute approximate surface area is 133 Å². The molecule has 1 aliphatic rings. The van der Waals surface area contributed by atoms with Gasteiger partial charge in [0.2, 0.25) is 5.91 Å². The minimum absolute atomic E-state index is 0.189. The van der Waals surface area contributed by atoms with Crippen LogP contribution in [0.5, 0.6) is 0 Å².